The fourth-order valence-electron chi connectivity index (χ4n) is 5.08. The first-order chi connectivity index (χ1) is 23.0. The number of hydrogen-bond donors (Lipinski definition) is 4. The van der Waals surface area contributed by atoms with Crippen LogP contribution in [0.3, 0.4) is 0 Å². The van der Waals surface area contributed by atoms with Gasteiger partial charge < -0.3 is 9.63 Å². The van der Waals surface area contributed by atoms with Crippen LogP contribution in [0.2, 0.25) is 0 Å². The summed E-state index contributed by atoms with van der Waals surface area (Å²) in [4.78, 5) is 27.8. The molecule has 0 fully saturated rings. The van der Waals surface area contributed by atoms with Crippen LogP contribution in [0.4, 0.5) is 27.7 Å². The average molecular weight is 765 g/mol. The molecule has 0 spiro atoms. The van der Waals surface area contributed by atoms with E-state index in [1.165, 1.54) is 13.8 Å². The Hall–Kier alpha value is -4.34. The van der Waals surface area contributed by atoms with Crippen molar-refractivity contribution in [1.29, 1.82) is 0 Å². The number of rotatable bonds is 11. The number of carbonyl (C=O) groups excluding carboxylic acids is 1. The molecule has 256 valence electrons. The van der Waals surface area contributed by atoms with E-state index < -0.39 is 33.1 Å². The Morgan fingerprint density at radius 2 is 1.61 bits per heavy atom. The maximum absolute atomic E-state index is 13.4. The fourth-order valence-corrected chi connectivity index (χ4v) is 8.57. The normalized spacial score (nSPS) is 13.2. The Kier molecular flexibility index (Phi) is 10.5. The predicted octanol–water partition coefficient (Wildman–Crippen LogP) is 6.27. The van der Waals surface area contributed by atoms with Gasteiger partial charge in [0, 0.05) is 6.66 Å². The van der Waals surface area contributed by atoms with Crippen molar-refractivity contribution in [3.8, 4) is 17.2 Å². The van der Waals surface area contributed by atoms with Crippen LogP contribution in [0.25, 0.3) is 10.8 Å². The van der Waals surface area contributed by atoms with Crippen molar-refractivity contribution in [3.05, 3.63) is 96.7 Å². The number of nitrogens with one attached hydrogen (secondary N) is 3. The smallest absolute Gasteiger partial charge is 0.341 e. The van der Waals surface area contributed by atoms with E-state index in [2.05, 4.69) is 20.3 Å². The van der Waals surface area contributed by atoms with E-state index in [1.807, 2.05) is 63.2 Å². The molecule has 11 nitrogen and oxygen atoms in total. The van der Waals surface area contributed by atoms with Gasteiger partial charge in [-0.25, -0.2) is 0 Å². The first-order valence-electron chi connectivity index (χ1n) is 15.1. The summed E-state index contributed by atoms with van der Waals surface area (Å²) < 4.78 is 51.0. The summed E-state index contributed by atoms with van der Waals surface area (Å²) >= 11 is -1.34. The molecule has 0 aliphatic heterocycles. The minimum absolute atomic E-state index is 0.134. The van der Waals surface area contributed by atoms with Crippen molar-refractivity contribution in [1.82, 2.24) is 4.98 Å². The van der Waals surface area contributed by atoms with Crippen molar-refractivity contribution in [2.45, 2.75) is 26.2 Å². The predicted molar refractivity (Wildman–Crippen MR) is 199 cm³/mol. The number of sulfonamides is 1. The number of ether oxygens (including phenoxy) is 2. The van der Waals surface area contributed by atoms with Crippen molar-refractivity contribution < 1.29 is 32.1 Å². The monoisotopic (exact) mass is 764 g/mol. The number of benzene rings is 4. The molecule has 0 aliphatic carbocycles. The van der Waals surface area contributed by atoms with Gasteiger partial charge >= 0.3 is 253 Å². The Balaban J connectivity index is 1.35. The third-order valence-corrected chi connectivity index (χ3v) is 11.4. The van der Waals surface area contributed by atoms with Crippen LogP contribution in [0.15, 0.2) is 91.1 Å². The number of nitrogens with zero attached hydrogens (tertiary/aromatic N) is 1. The molecule has 49 heavy (non-hydrogen) atoms. The Morgan fingerprint density at radius 1 is 0.898 bits per heavy atom. The van der Waals surface area contributed by atoms with E-state index in [0.29, 0.717) is 40.1 Å². The van der Waals surface area contributed by atoms with Gasteiger partial charge in [-0.05, 0) is 0 Å². The molecular weight excluding hydrogens is 726 g/mol. The van der Waals surface area contributed by atoms with Crippen LogP contribution in [-0.4, -0.2) is 58.8 Å². The van der Waals surface area contributed by atoms with Gasteiger partial charge in [0.05, 0.1) is 12.4 Å². The van der Waals surface area contributed by atoms with E-state index in [1.54, 1.807) is 48.7 Å². The molecule has 2 atom stereocenters. The van der Waals surface area contributed by atoms with Crippen molar-refractivity contribution in [2.75, 3.05) is 35.4 Å². The van der Waals surface area contributed by atoms with Crippen LogP contribution in [0.1, 0.15) is 26.3 Å². The minimum Gasteiger partial charge on any atom is -0.341 e. The van der Waals surface area contributed by atoms with Gasteiger partial charge in [0.1, 0.15) is 0 Å². The summed E-state index contributed by atoms with van der Waals surface area (Å²) in [6.45, 7) is 7.32. The van der Waals surface area contributed by atoms with Crippen LogP contribution in [0.5, 0.6) is 17.2 Å². The number of hydrogen-bond acceptors (Lipinski definition) is 8. The molecule has 5 rings (SSSR count). The van der Waals surface area contributed by atoms with E-state index in [0.717, 1.165) is 26.9 Å². The molecule has 4 aromatic carbocycles. The average Bonchev–Trinajstić information content (AvgIpc) is 3.00. The summed E-state index contributed by atoms with van der Waals surface area (Å²) in [7, 11) is -5.58. The van der Waals surface area contributed by atoms with Gasteiger partial charge in [-0.2, -0.15) is 0 Å². The number of amides is 1. The molecule has 0 bridgehead atoms. The molecular formula is C35H38AsN4O7PS. The van der Waals surface area contributed by atoms with Gasteiger partial charge in [-0.3, -0.25) is 4.57 Å². The van der Waals surface area contributed by atoms with Gasteiger partial charge in [0.15, 0.2) is 0 Å². The summed E-state index contributed by atoms with van der Waals surface area (Å²) in [5.74, 6) is 1.91. The van der Waals surface area contributed by atoms with Gasteiger partial charge in [0.25, 0.3) is 0 Å². The first-order valence-corrected chi connectivity index (χ1v) is 21.2. The zero-order valence-electron chi connectivity index (χ0n) is 27.9. The standard InChI is InChI=1S/C35H38AsN4O7PS/c1-35(2,3)22-17-24(19-25(18-22)40-49(6,44)45)39-34(41)36-29-12-13-30(28-10-8-7-9-27(28)29)47-26-15-16-37-33(21-26)38-23-11-14-32(48(5,42)43)31(20-23)46-4/h7-21,36,40H,1-6H3,(H,37,38)(H,39,41)(H,42,43). The molecule has 1 amide bonds. The minimum atomic E-state index is -3.51. The first kappa shape index (κ1) is 36.0. The van der Waals surface area contributed by atoms with Gasteiger partial charge in [0.2, 0.25) is 7.37 Å². The number of fused-ring (bicyclic) bond motifs is 1. The van der Waals surface area contributed by atoms with E-state index >= 15 is 0 Å². The number of anilines is 4. The van der Waals surface area contributed by atoms with Crippen molar-refractivity contribution in [2.24, 2.45) is 0 Å². The number of pyridine rings is 1. The molecule has 14 heteroatoms. The van der Waals surface area contributed by atoms with E-state index in [4.69, 9.17) is 9.47 Å². The summed E-state index contributed by atoms with van der Waals surface area (Å²) in [6, 6.07) is 25.1. The third kappa shape index (κ3) is 9.43. The van der Waals surface area contributed by atoms with E-state index in [9.17, 15) is 22.7 Å². The van der Waals surface area contributed by atoms with Crippen molar-refractivity contribution >= 4 is 81.1 Å². The summed E-state index contributed by atoms with van der Waals surface area (Å²) in [6.07, 6.45) is 2.70. The number of methoxy groups -OCH3 is 1. The molecule has 1 heterocycles. The van der Waals surface area contributed by atoms with Crippen LogP contribution in [0, 0.1) is 0 Å². The molecule has 5 aromatic rings. The maximum atomic E-state index is 13.4. The fraction of sp³-hybridized carbons (Fsp3) is 0.200. The van der Waals surface area contributed by atoms with Crippen LogP contribution in [-0.2, 0) is 20.0 Å². The molecule has 0 saturated carbocycles. The van der Waals surface area contributed by atoms with E-state index in [-0.39, 0.29) is 15.4 Å². The zero-order chi connectivity index (χ0) is 35.6. The van der Waals surface area contributed by atoms with Gasteiger partial charge in [-0.1, -0.05) is 0 Å². The molecule has 0 aliphatic rings. The molecule has 1 aromatic heterocycles. The summed E-state index contributed by atoms with van der Waals surface area (Å²) in [5, 5.41) is 8.14. The topological polar surface area (TPSA) is 156 Å². The van der Waals surface area contributed by atoms with Crippen LogP contribution < -0.4 is 34.5 Å². The van der Waals surface area contributed by atoms with Crippen LogP contribution >= 0.6 is 7.37 Å². The second kappa shape index (κ2) is 14.3. The Labute approximate surface area is 292 Å². The second-order valence-corrected chi connectivity index (χ2v) is 19.1. The number of aromatic nitrogens is 1. The SMILES string of the molecule is COc1cc(Nc2cc(Oc3ccc([AsH]C(=O)Nc4cc(NS(C)(=O)=O)cc(C(C)(C)C)c4)c4ccccc34)ccn2)ccc1P(C)(=O)O. The second-order valence-electron chi connectivity index (χ2n) is 12.5. The molecule has 4 N–H and O–H groups in total. The number of carbonyl (C=O) groups is 1. The Morgan fingerprint density at radius 3 is 2.29 bits per heavy atom. The van der Waals surface area contributed by atoms with Gasteiger partial charge in [-0.15, -0.1) is 0 Å². The summed E-state index contributed by atoms with van der Waals surface area (Å²) in [5.41, 5.74) is 2.13. The molecule has 0 saturated heterocycles. The third-order valence-electron chi connectivity index (χ3n) is 7.35. The molecule has 0 radical (unpaired) electrons. The molecule has 2 unspecified atom stereocenters. The zero-order valence-corrected chi connectivity index (χ0v) is 31.7. The quantitative estimate of drug-likeness (QED) is 0.0900. The Bertz CT molecular complexity index is 2200. The van der Waals surface area contributed by atoms with Crippen molar-refractivity contribution in [3.63, 3.8) is 0 Å².